The lowest BCUT2D eigenvalue weighted by atomic mass is 10.1. The monoisotopic (exact) mass is 217 g/mol. The highest BCUT2D eigenvalue weighted by Gasteiger charge is 2.38. The van der Waals surface area contributed by atoms with Crippen molar-refractivity contribution in [2.75, 3.05) is 6.61 Å². The number of benzene rings is 1. The molecule has 1 atom stereocenters. The third kappa shape index (κ3) is 1.35. The van der Waals surface area contributed by atoms with Gasteiger partial charge in [0, 0.05) is 0 Å². The Bertz CT molecular complexity index is 432. The molecule has 1 aromatic carbocycles. The number of hydrogen-bond donors (Lipinski definition) is 1. The second-order valence-corrected chi connectivity index (χ2v) is 3.51. The molecule has 0 unspecified atom stereocenters. The van der Waals surface area contributed by atoms with Gasteiger partial charge in [-0.3, -0.25) is 14.5 Å². The molecule has 0 aliphatic carbocycles. The Balaban J connectivity index is 2.46. The van der Waals surface area contributed by atoms with Crippen molar-refractivity contribution in [3.05, 3.63) is 48.0 Å². The van der Waals surface area contributed by atoms with Crippen molar-refractivity contribution >= 4 is 11.8 Å². The van der Waals surface area contributed by atoms with Crippen LogP contribution in [-0.4, -0.2) is 34.5 Å². The first-order valence-corrected chi connectivity index (χ1v) is 4.91. The Labute approximate surface area is 92.8 Å². The number of aliphatic hydroxyl groups excluding tert-OH is 1. The van der Waals surface area contributed by atoms with Crippen LogP contribution >= 0.6 is 0 Å². The van der Waals surface area contributed by atoms with Crippen LogP contribution in [0, 0.1) is 0 Å². The number of aliphatic hydroxyl groups is 1. The van der Waals surface area contributed by atoms with Gasteiger partial charge in [-0.05, 0) is 12.1 Å². The molecule has 0 saturated heterocycles. The summed E-state index contributed by atoms with van der Waals surface area (Å²) in [6, 6.07) is 5.96. The van der Waals surface area contributed by atoms with Gasteiger partial charge in [0.05, 0.1) is 23.8 Å². The second-order valence-electron chi connectivity index (χ2n) is 3.51. The molecule has 0 aromatic heterocycles. The van der Waals surface area contributed by atoms with Crippen LogP contribution in [0.5, 0.6) is 0 Å². The van der Waals surface area contributed by atoms with Crippen LogP contribution in [0.25, 0.3) is 0 Å². The van der Waals surface area contributed by atoms with E-state index in [1.807, 2.05) is 0 Å². The summed E-state index contributed by atoms with van der Waals surface area (Å²) in [5, 5.41) is 9.08. The Hall–Kier alpha value is -1.94. The molecule has 2 amide bonds. The number of carbonyl (C=O) groups is 2. The molecule has 4 nitrogen and oxygen atoms in total. The molecule has 1 aliphatic heterocycles. The third-order valence-electron chi connectivity index (χ3n) is 2.62. The first kappa shape index (κ1) is 10.6. The van der Waals surface area contributed by atoms with Gasteiger partial charge in [-0.15, -0.1) is 6.58 Å². The van der Waals surface area contributed by atoms with Crippen molar-refractivity contribution in [3.8, 4) is 0 Å². The normalized spacial score (nSPS) is 16.2. The summed E-state index contributed by atoms with van der Waals surface area (Å²) in [5.74, 6) is -0.751. The fraction of sp³-hybridized carbons (Fsp3) is 0.167. The zero-order valence-electron chi connectivity index (χ0n) is 8.59. The maximum Gasteiger partial charge on any atom is 0.262 e. The highest BCUT2D eigenvalue weighted by Crippen LogP contribution is 2.24. The quantitative estimate of drug-likeness (QED) is 0.602. The van der Waals surface area contributed by atoms with Crippen LogP contribution in [0.15, 0.2) is 36.9 Å². The molecule has 0 spiro atoms. The minimum Gasteiger partial charge on any atom is -0.394 e. The maximum absolute atomic E-state index is 11.9. The number of fused-ring (bicyclic) bond motifs is 1. The van der Waals surface area contributed by atoms with Crippen LogP contribution in [0.3, 0.4) is 0 Å². The van der Waals surface area contributed by atoms with E-state index in [0.717, 1.165) is 4.90 Å². The fourth-order valence-corrected chi connectivity index (χ4v) is 1.77. The van der Waals surface area contributed by atoms with E-state index in [9.17, 15) is 9.59 Å². The van der Waals surface area contributed by atoms with Crippen LogP contribution in [0.4, 0.5) is 0 Å². The largest absolute Gasteiger partial charge is 0.394 e. The predicted octanol–water partition coefficient (Wildman–Crippen LogP) is 0.830. The molecule has 4 heteroatoms. The lowest BCUT2D eigenvalue weighted by molar-refractivity contribution is 0.0565. The van der Waals surface area contributed by atoms with Gasteiger partial charge >= 0.3 is 0 Å². The van der Waals surface area contributed by atoms with Gasteiger partial charge in [0.2, 0.25) is 0 Å². The topological polar surface area (TPSA) is 57.6 Å². The van der Waals surface area contributed by atoms with E-state index in [1.54, 1.807) is 24.3 Å². The summed E-state index contributed by atoms with van der Waals surface area (Å²) in [4.78, 5) is 24.9. The minimum absolute atomic E-state index is 0.311. The molecule has 16 heavy (non-hydrogen) atoms. The Kier molecular flexibility index (Phi) is 2.58. The second kappa shape index (κ2) is 3.90. The highest BCUT2D eigenvalue weighted by molar-refractivity contribution is 6.21. The van der Waals surface area contributed by atoms with Crippen molar-refractivity contribution in [1.29, 1.82) is 0 Å². The molecule has 82 valence electrons. The average Bonchev–Trinajstić information content (AvgIpc) is 2.57. The van der Waals surface area contributed by atoms with Crippen molar-refractivity contribution in [3.63, 3.8) is 0 Å². The van der Waals surface area contributed by atoms with Crippen LogP contribution in [-0.2, 0) is 0 Å². The van der Waals surface area contributed by atoms with Gasteiger partial charge in [0.15, 0.2) is 0 Å². The molecule has 1 aliphatic rings. The molecule has 0 bridgehead atoms. The Morgan fingerprint density at radius 1 is 1.25 bits per heavy atom. The van der Waals surface area contributed by atoms with E-state index in [2.05, 4.69) is 6.58 Å². The molecule has 0 saturated carbocycles. The number of amides is 2. The molecule has 1 aromatic rings. The van der Waals surface area contributed by atoms with Gasteiger partial charge in [0.25, 0.3) is 11.8 Å². The first-order chi connectivity index (χ1) is 7.70. The summed E-state index contributed by atoms with van der Waals surface area (Å²) in [6.45, 7) is 3.19. The van der Waals surface area contributed by atoms with Gasteiger partial charge in [0.1, 0.15) is 0 Å². The Morgan fingerprint density at radius 2 is 1.75 bits per heavy atom. The minimum atomic E-state index is -0.660. The van der Waals surface area contributed by atoms with E-state index in [1.165, 1.54) is 6.08 Å². The average molecular weight is 217 g/mol. The lowest BCUT2D eigenvalue weighted by Gasteiger charge is -2.20. The molecular weight excluding hydrogens is 206 g/mol. The van der Waals surface area contributed by atoms with Crippen molar-refractivity contribution in [2.24, 2.45) is 0 Å². The summed E-state index contributed by atoms with van der Waals surface area (Å²) in [5.41, 5.74) is 0.764. The number of rotatable bonds is 3. The Morgan fingerprint density at radius 3 is 2.12 bits per heavy atom. The van der Waals surface area contributed by atoms with E-state index < -0.39 is 6.04 Å². The highest BCUT2D eigenvalue weighted by atomic mass is 16.3. The van der Waals surface area contributed by atoms with Crippen LogP contribution in [0.1, 0.15) is 20.7 Å². The zero-order valence-corrected chi connectivity index (χ0v) is 8.59. The molecule has 0 fully saturated rings. The summed E-state index contributed by atoms with van der Waals surface area (Å²) < 4.78 is 0. The number of hydrogen-bond acceptors (Lipinski definition) is 3. The SMILES string of the molecule is C=C[C@@H](CO)N1C(=O)c2ccccc2C1=O. The van der Waals surface area contributed by atoms with Gasteiger partial charge in [-0.25, -0.2) is 0 Å². The summed E-state index contributed by atoms with van der Waals surface area (Å²) >= 11 is 0. The first-order valence-electron chi connectivity index (χ1n) is 4.91. The zero-order chi connectivity index (χ0) is 11.7. The molecule has 1 N–H and O–H groups in total. The fourth-order valence-electron chi connectivity index (χ4n) is 1.77. The predicted molar refractivity (Wildman–Crippen MR) is 58.0 cm³/mol. The lowest BCUT2D eigenvalue weighted by Crippen LogP contribution is -2.40. The molecular formula is C12H11NO3. The molecule has 0 radical (unpaired) electrons. The van der Waals surface area contributed by atoms with Crippen LogP contribution in [0.2, 0.25) is 0 Å². The summed E-state index contributed by atoms with van der Waals surface area (Å²) in [7, 11) is 0. The van der Waals surface area contributed by atoms with Crippen molar-refractivity contribution < 1.29 is 14.7 Å². The van der Waals surface area contributed by atoms with E-state index >= 15 is 0 Å². The standard InChI is InChI=1S/C12H11NO3/c1-2-8(7-14)13-11(15)9-5-3-4-6-10(9)12(13)16/h2-6,8,14H,1,7H2/t8-/m0/s1. The molecule has 1 heterocycles. The van der Waals surface area contributed by atoms with E-state index in [-0.39, 0.29) is 18.4 Å². The number of carbonyl (C=O) groups excluding carboxylic acids is 2. The maximum atomic E-state index is 11.9. The molecule has 2 rings (SSSR count). The summed E-state index contributed by atoms with van der Waals surface area (Å²) in [6.07, 6.45) is 1.39. The van der Waals surface area contributed by atoms with E-state index in [0.29, 0.717) is 11.1 Å². The number of imide groups is 1. The van der Waals surface area contributed by atoms with Crippen molar-refractivity contribution in [2.45, 2.75) is 6.04 Å². The third-order valence-corrected chi connectivity index (χ3v) is 2.62. The van der Waals surface area contributed by atoms with E-state index in [4.69, 9.17) is 5.11 Å². The van der Waals surface area contributed by atoms with Crippen LogP contribution < -0.4 is 0 Å². The number of nitrogens with zero attached hydrogens (tertiary/aromatic N) is 1. The van der Waals surface area contributed by atoms with Gasteiger partial charge in [-0.1, -0.05) is 18.2 Å². The van der Waals surface area contributed by atoms with Crippen molar-refractivity contribution in [1.82, 2.24) is 4.90 Å². The van der Waals surface area contributed by atoms with Gasteiger partial charge < -0.3 is 5.11 Å². The smallest absolute Gasteiger partial charge is 0.262 e. The van der Waals surface area contributed by atoms with Gasteiger partial charge in [-0.2, -0.15) is 0 Å².